The Balaban J connectivity index is 2.19. The molecule has 0 radical (unpaired) electrons. The molecule has 0 saturated heterocycles. The van der Waals surface area contributed by atoms with Crippen molar-refractivity contribution in [2.24, 2.45) is 0 Å². The zero-order chi connectivity index (χ0) is 15.5. The Morgan fingerprint density at radius 2 is 1.81 bits per heavy atom. The summed E-state index contributed by atoms with van der Waals surface area (Å²) >= 11 is 0. The fourth-order valence-electron chi connectivity index (χ4n) is 2.09. The fourth-order valence-corrected chi connectivity index (χ4v) is 2.09. The van der Waals surface area contributed by atoms with E-state index in [2.05, 4.69) is 5.32 Å². The van der Waals surface area contributed by atoms with Gasteiger partial charge in [0.05, 0.1) is 18.2 Å². The summed E-state index contributed by atoms with van der Waals surface area (Å²) in [4.78, 5) is 12.5. The summed E-state index contributed by atoms with van der Waals surface area (Å²) in [6.45, 7) is 3.79. The van der Waals surface area contributed by atoms with Gasteiger partial charge in [0, 0.05) is 5.69 Å². The normalized spacial score (nSPS) is 11.0. The highest BCUT2D eigenvalue weighted by molar-refractivity contribution is 5.99. The average molecular weight is 284 g/mol. The van der Waals surface area contributed by atoms with Gasteiger partial charge in [0.25, 0.3) is 0 Å². The third-order valence-electron chi connectivity index (χ3n) is 3.55. The lowest BCUT2D eigenvalue weighted by Crippen LogP contribution is -2.34. The van der Waals surface area contributed by atoms with Crippen molar-refractivity contribution < 1.29 is 9.53 Å². The van der Waals surface area contributed by atoms with E-state index in [1.807, 2.05) is 44.2 Å². The van der Waals surface area contributed by atoms with E-state index in [9.17, 15) is 4.79 Å². The van der Waals surface area contributed by atoms with Gasteiger partial charge in [0.2, 0.25) is 5.91 Å². The third-order valence-corrected chi connectivity index (χ3v) is 3.55. The first-order valence-corrected chi connectivity index (χ1v) is 6.75. The number of ether oxygens (including phenoxy) is 1. The maximum Gasteiger partial charge on any atom is 0.234 e. The number of methoxy groups -OCH3 is 1. The van der Waals surface area contributed by atoms with E-state index < -0.39 is 5.41 Å². The lowest BCUT2D eigenvalue weighted by Gasteiger charge is -2.24. The first kappa shape index (κ1) is 14.9. The topological polar surface area (TPSA) is 64.3 Å². The molecular formula is C17H20N2O2. The van der Waals surface area contributed by atoms with Crippen LogP contribution in [0.2, 0.25) is 0 Å². The molecule has 1 amide bonds. The number of nitrogen functional groups attached to an aromatic ring is 1. The minimum absolute atomic E-state index is 0.0849. The summed E-state index contributed by atoms with van der Waals surface area (Å²) in [6.07, 6.45) is 0. The highest BCUT2D eigenvalue weighted by atomic mass is 16.5. The SMILES string of the molecule is COc1ccc(NC(=O)C(C)(C)c2ccccc2)cc1N. The van der Waals surface area contributed by atoms with E-state index in [1.165, 1.54) is 0 Å². The molecule has 0 fully saturated rings. The minimum Gasteiger partial charge on any atom is -0.495 e. The van der Waals surface area contributed by atoms with Crippen molar-refractivity contribution in [3.63, 3.8) is 0 Å². The molecule has 0 atom stereocenters. The number of hydrogen-bond donors (Lipinski definition) is 2. The van der Waals surface area contributed by atoms with Gasteiger partial charge in [-0.3, -0.25) is 4.79 Å². The number of anilines is 2. The molecule has 0 aliphatic rings. The summed E-state index contributed by atoms with van der Waals surface area (Å²) in [6, 6.07) is 14.9. The number of rotatable bonds is 4. The molecule has 0 unspecified atom stereocenters. The van der Waals surface area contributed by atoms with Crippen molar-refractivity contribution in [1.29, 1.82) is 0 Å². The molecule has 2 aromatic rings. The lowest BCUT2D eigenvalue weighted by atomic mass is 9.83. The number of benzene rings is 2. The van der Waals surface area contributed by atoms with Crippen LogP contribution in [-0.4, -0.2) is 13.0 Å². The first-order valence-electron chi connectivity index (χ1n) is 6.75. The highest BCUT2D eigenvalue weighted by Crippen LogP contribution is 2.28. The van der Waals surface area contributed by atoms with Crippen LogP contribution in [-0.2, 0) is 10.2 Å². The Morgan fingerprint density at radius 1 is 1.14 bits per heavy atom. The van der Waals surface area contributed by atoms with Crippen molar-refractivity contribution in [3.8, 4) is 5.75 Å². The van der Waals surface area contributed by atoms with Gasteiger partial charge in [-0.15, -0.1) is 0 Å². The Kier molecular flexibility index (Phi) is 4.17. The maximum atomic E-state index is 12.5. The zero-order valence-corrected chi connectivity index (χ0v) is 12.5. The van der Waals surface area contributed by atoms with Gasteiger partial charge in [-0.05, 0) is 37.6 Å². The van der Waals surface area contributed by atoms with Crippen molar-refractivity contribution in [2.45, 2.75) is 19.3 Å². The molecule has 0 bridgehead atoms. The second kappa shape index (κ2) is 5.87. The van der Waals surface area contributed by atoms with E-state index in [-0.39, 0.29) is 5.91 Å². The van der Waals surface area contributed by atoms with E-state index >= 15 is 0 Å². The molecule has 110 valence electrons. The van der Waals surface area contributed by atoms with Crippen molar-refractivity contribution in [2.75, 3.05) is 18.2 Å². The van der Waals surface area contributed by atoms with Crippen molar-refractivity contribution in [1.82, 2.24) is 0 Å². The number of nitrogens with two attached hydrogens (primary N) is 1. The number of nitrogens with one attached hydrogen (secondary N) is 1. The van der Waals surface area contributed by atoms with E-state index in [0.29, 0.717) is 17.1 Å². The quantitative estimate of drug-likeness (QED) is 0.847. The second-order valence-corrected chi connectivity index (χ2v) is 5.40. The van der Waals surface area contributed by atoms with Crippen molar-refractivity contribution in [3.05, 3.63) is 54.1 Å². The van der Waals surface area contributed by atoms with Crippen LogP contribution in [0.3, 0.4) is 0 Å². The van der Waals surface area contributed by atoms with Gasteiger partial charge in [0.15, 0.2) is 0 Å². The molecule has 0 aliphatic carbocycles. The number of carbonyl (C=O) groups excluding carboxylic acids is 1. The molecule has 0 spiro atoms. The Labute approximate surface area is 124 Å². The number of hydrogen-bond acceptors (Lipinski definition) is 3. The van der Waals surface area contributed by atoms with Gasteiger partial charge in [-0.1, -0.05) is 30.3 Å². The molecule has 0 aromatic heterocycles. The van der Waals surface area contributed by atoms with Crippen LogP contribution in [0.15, 0.2) is 48.5 Å². The number of carbonyl (C=O) groups is 1. The summed E-state index contributed by atoms with van der Waals surface area (Å²) < 4.78 is 5.10. The van der Waals surface area contributed by atoms with Gasteiger partial charge >= 0.3 is 0 Å². The summed E-state index contributed by atoms with van der Waals surface area (Å²) in [5.74, 6) is 0.508. The van der Waals surface area contributed by atoms with Crippen LogP contribution in [0.1, 0.15) is 19.4 Å². The Morgan fingerprint density at radius 3 is 2.38 bits per heavy atom. The molecule has 0 aliphatic heterocycles. The third kappa shape index (κ3) is 3.16. The Bertz CT molecular complexity index is 636. The molecule has 4 heteroatoms. The molecule has 2 rings (SSSR count). The van der Waals surface area contributed by atoms with Gasteiger partial charge in [-0.2, -0.15) is 0 Å². The number of amides is 1. The van der Waals surface area contributed by atoms with Gasteiger partial charge in [-0.25, -0.2) is 0 Å². The van der Waals surface area contributed by atoms with Crippen LogP contribution in [0, 0.1) is 0 Å². The highest BCUT2D eigenvalue weighted by Gasteiger charge is 2.29. The second-order valence-electron chi connectivity index (χ2n) is 5.40. The molecule has 2 aromatic carbocycles. The van der Waals surface area contributed by atoms with Crippen LogP contribution >= 0.6 is 0 Å². The van der Waals surface area contributed by atoms with Gasteiger partial charge in [0.1, 0.15) is 5.75 Å². The zero-order valence-electron chi connectivity index (χ0n) is 12.5. The smallest absolute Gasteiger partial charge is 0.234 e. The molecule has 0 heterocycles. The largest absolute Gasteiger partial charge is 0.495 e. The van der Waals surface area contributed by atoms with Gasteiger partial charge < -0.3 is 15.8 Å². The first-order chi connectivity index (χ1) is 9.95. The summed E-state index contributed by atoms with van der Waals surface area (Å²) in [5.41, 5.74) is 7.33. The molecule has 21 heavy (non-hydrogen) atoms. The van der Waals surface area contributed by atoms with Crippen LogP contribution < -0.4 is 15.8 Å². The Hall–Kier alpha value is -2.49. The van der Waals surface area contributed by atoms with Crippen LogP contribution in [0.25, 0.3) is 0 Å². The monoisotopic (exact) mass is 284 g/mol. The maximum absolute atomic E-state index is 12.5. The van der Waals surface area contributed by atoms with E-state index in [0.717, 1.165) is 5.56 Å². The van der Waals surface area contributed by atoms with E-state index in [4.69, 9.17) is 10.5 Å². The summed E-state index contributed by atoms with van der Waals surface area (Å²) in [7, 11) is 1.56. The molecule has 4 nitrogen and oxygen atoms in total. The van der Waals surface area contributed by atoms with E-state index in [1.54, 1.807) is 25.3 Å². The minimum atomic E-state index is -0.629. The predicted octanol–water partition coefficient (Wildman–Crippen LogP) is 3.19. The van der Waals surface area contributed by atoms with Crippen LogP contribution in [0.5, 0.6) is 5.75 Å². The standard InChI is InChI=1S/C17H20N2O2/c1-17(2,12-7-5-4-6-8-12)16(20)19-13-9-10-15(21-3)14(18)11-13/h4-11H,18H2,1-3H3,(H,19,20). The molecule has 3 N–H and O–H groups in total. The predicted molar refractivity (Wildman–Crippen MR) is 85.5 cm³/mol. The molecule has 0 saturated carbocycles. The fraction of sp³-hybridized carbons (Fsp3) is 0.235. The average Bonchev–Trinajstić information content (AvgIpc) is 2.48. The lowest BCUT2D eigenvalue weighted by molar-refractivity contribution is -0.120. The summed E-state index contributed by atoms with van der Waals surface area (Å²) in [5, 5.41) is 2.90. The van der Waals surface area contributed by atoms with Crippen molar-refractivity contribution >= 4 is 17.3 Å². The molecular weight excluding hydrogens is 264 g/mol. The van der Waals surface area contributed by atoms with Crippen LogP contribution in [0.4, 0.5) is 11.4 Å².